The maximum absolute atomic E-state index is 11.8. The van der Waals surface area contributed by atoms with Gasteiger partial charge in [-0.2, -0.15) is 0 Å². The second kappa shape index (κ2) is 4.63. The van der Waals surface area contributed by atoms with Gasteiger partial charge < -0.3 is 10.6 Å². The van der Waals surface area contributed by atoms with Crippen LogP contribution in [0, 0.1) is 5.92 Å². The number of nitrogens with one attached hydrogen (secondary N) is 2. The molecule has 96 valence electrons. The monoisotopic (exact) mass is 244 g/mol. The SMILES string of the molecule is CC1CC(Nc2ccc(C(=O)NC3CC3)cc2)C1. The highest BCUT2D eigenvalue weighted by molar-refractivity contribution is 5.94. The van der Waals surface area contributed by atoms with Crippen molar-refractivity contribution in [3.63, 3.8) is 0 Å². The number of amides is 1. The number of benzene rings is 1. The molecule has 0 spiro atoms. The van der Waals surface area contributed by atoms with Gasteiger partial charge in [0.25, 0.3) is 5.91 Å². The lowest BCUT2D eigenvalue weighted by atomic mass is 9.82. The largest absolute Gasteiger partial charge is 0.382 e. The Kier molecular flexibility index (Phi) is 2.98. The molecular weight excluding hydrogens is 224 g/mol. The Labute approximate surface area is 108 Å². The van der Waals surface area contributed by atoms with Gasteiger partial charge in [-0.15, -0.1) is 0 Å². The van der Waals surface area contributed by atoms with Crippen LogP contribution in [0.2, 0.25) is 0 Å². The number of hydrogen-bond acceptors (Lipinski definition) is 2. The summed E-state index contributed by atoms with van der Waals surface area (Å²) >= 11 is 0. The first-order valence-electron chi connectivity index (χ1n) is 6.88. The van der Waals surface area contributed by atoms with Crippen LogP contribution in [0.5, 0.6) is 0 Å². The first kappa shape index (κ1) is 11.6. The molecule has 2 N–H and O–H groups in total. The molecule has 1 aromatic carbocycles. The standard InChI is InChI=1S/C15H20N2O/c1-10-8-14(9-10)16-12-4-2-11(3-5-12)15(18)17-13-6-7-13/h2-5,10,13-14,16H,6-9H2,1H3,(H,17,18). The lowest BCUT2D eigenvalue weighted by molar-refractivity contribution is 0.0951. The topological polar surface area (TPSA) is 41.1 Å². The van der Waals surface area contributed by atoms with Crippen molar-refractivity contribution >= 4 is 11.6 Å². The molecule has 0 saturated heterocycles. The van der Waals surface area contributed by atoms with Crippen LogP contribution in [0.3, 0.4) is 0 Å². The highest BCUT2D eigenvalue weighted by Gasteiger charge is 2.25. The minimum absolute atomic E-state index is 0.0568. The molecule has 0 bridgehead atoms. The Morgan fingerprint density at radius 1 is 1.11 bits per heavy atom. The van der Waals surface area contributed by atoms with E-state index in [1.54, 1.807) is 0 Å². The molecule has 3 rings (SSSR count). The predicted octanol–water partition coefficient (Wildman–Crippen LogP) is 2.79. The maximum Gasteiger partial charge on any atom is 0.251 e. The molecule has 2 fully saturated rings. The van der Waals surface area contributed by atoms with Crippen LogP contribution in [0.1, 0.15) is 43.0 Å². The second-order valence-corrected chi connectivity index (χ2v) is 5.74. The quantitative estimate of drug-likeness (QED) is 0.855. The summed E-state index contributed by atoms with van der Waals surface area (Å²) in [5.41, 5.74) is 1.88. The third-order valence-corrected chi connectivity index (χ3v) is 3.80. The van der Waals surface area contributed by atoms with Gasteiger partial charge in [-0.1, -0.05) is 6.92 Å². The van der Waals surface area contributed by atoms with Crippen LogP contribution in [0.15, 0.2) is 24.3 Å². The van der Waals surface area contributed by atoms with Crippen LogP contribution in [0.4, 0.5) is 5.69 Å². The molecule has 2 aliphatic rings. The van der Waals surface area contributed by atoms with Gasteiger partial charge in [0.05, 0.1) is 0 Å². The fraction of sp³-hybridized carbons (Fsp3) is 0.533. The van der Waals surface area contributed by atoms with E-state index in [1.165, 1.54) is 12.8 Å². The third-order valence-electron chi connectivity index (χ3n) is 3.80. The van der Waals surface area contributed by atoms with Gasteiger partial charge in [-0.05, 0) is 55.9 Å². The molecule has 18 heavy (non-hydrogen) atoms. The van der Waals surface area contributed by atoms with Crippen LogP contribution < -0.4 is 10.6 Å². The highest BCUT2D eigenvalue weighted by Crippen LogP contribution is 2.29. The summed E-state index contributed by atoms with van der Waals surface area (Å²) in [4.78, 5) is 11.8. The van der Waals surface area contributed by atoms with Crippen molar-refractivity contribution in [2.75, 3.05) is 5.32 Å². The molecule has 0 aliphatic heterocycles. The fourth-order valence-corrected chi connectivity index (χ4v) is 2.47. The zero-order valence-electron chi connectivity index (χ0n) is 10.8. The zero-order valence-corrected chi connectivity index (χ0v) is 10.8. The van der Waals surface area contributed by atoms with Crippen LogP contribution in [0.25, 0.3) is 0 Å². The van der Waals surface area contributed by atoms with Crippen LogP contribution >= 0.6 is 0 Å². The summed E-state index contributed by atoms with van der Waals surface area (Å²) in [5.74, 6) is 0.910. The van der Waals surface area contributed by atoms with Gasteiger partial charge in [0.15, 0.2) is 0 Å². The zero-order chi connectivity index (χ0) is 12.5. The fourth-order valence-electron chi connectivity index (χ4n) is 2.47. The lowest BCUT2D eigenvalue weighted by Crippen LogP contribution is -2.33. The highest BCUT2D eigenvalue weighted by atomic mass is 16.1. The molecule has 0 unspecified atom stereocenters. The summed E-state index contributed by atoms with van der Waals surface area (Å²) in [6.07, 6.45) is 4.77. The molecule has 0 aromatic heterocycles. The molecule has 1 amide bonds. The average Bonchev–Trinajstić information content (AvgIpc) is 3.12. The van der Waals surface area contributed by atoms with Crippen LogP contribution in [-0.4, -0.2) is 18.0 Å². The molecule has 2 saturated carbocycles. The molecular formula is C15H20N2O. The minimum atomic E-state index is 0.0568. The summed E-state index contributed by atoms with van der Waals surface area (Å²) in [5, 5.41) is 6.50. The predicted molar refractivity (Wildman–Crippen MR) is 72.7 cm³/mol. The molecule has 0 atom stereocenters. The molecule has 3 heteroatoms. The summed E-state index contributed by atoms with van der Waals surface area (Å²) in [6, 6.07) is 8.86. The van der Waals surface area contributed by atoms with E-state index in [0.29, 0.717) is 12.1 Å². The van der Waals surface area contributed by atoms with E-state index in [9.17, 15) is 4.79 Å². The number of rotatable bonds is 4. The Morgan fingerprint density at radius 3 is 2.33 bits per heavy atom. The molecule has 3 nitrogen and oxygen atoms in total. The number of carbonyl (C=O) groups excluding carboxylic acids is 1. The van der Waals surface area contributed by atoms with Crippen molar-refractivity contribution in [2.24, 2.45) is 5.92 Å². The van der Waals surface area contributed by atoms with Gasteiger partial charge in [-0.3, -0.25) is 4.79 Å². The summed E-state index contributed by atoms with van der Waals surface area (Å²) in [6.45, 7) is 2.28. The van der Waals surface area contributed by atoms with E-state index >= 15 is 0 Å². The van der Waals surface area contributed by atoms with Gasteiger partial charge in [-0.25, -0.2) is 0 Å². The molecule has 1 aromatic rings. The first-order valence-corrected chi connectivity index (χ1v) is 6.88. The van der Waals surface area contributed by atoms with Gasteiger partial charge in [0, 0.05) is 23.3 Å². The van der Waals surface area contributed by atoms with Crippen molar-refractivity contribution < 1.29 is 4.79 Å². The van der Waals surface area contributed by atoms with E-state index in [1.807, 2.05) is 24.3 Å². The number of hydrogen-bond donors (Lipinski definition) is 2. The van der Waals surface area contributed by atoms with E-state index in [0.717, 1.165) is 30.0 Å². The normalized spacial score (nSPS) is 26.3. The van der Waals surface area contributed by atoms with E-state index < -0.39 is 0 Å². The number of anilines is 1. The van der Waals surface area contributed by atoms with Crippen LogP contribution in [-0.2, 0) is 0 Å². The number of carbonyl (C=O) groups is 1. The Balaban J connectivity index is 1.56. The Morgan fingerprint density at radius 2 is 1.78 bits per heavy atom. The maximum atomic E-state index is 11.8. The van der Waals surface area contributed by atoms with Gasteiger partial charge >= 0.3 is 0 Å². The van der Waals surface area contributed by atoms with E-state index in [4.69, 9.17) is 0 Å². The van der Waals surface area contributed by atoms with Crippen molar-refractivity contribution in [1.29, 1.82) is 0 Å². The second-order valence-electron chi connectivity index (χ2n) is 5.74. The minimum Gasteiger partial charge on any atom is -0.382 e. The van der Waals surface area contributed by atoms with Crippen molar-refractivity contribution in [3.8, 4) is 0 Å². The first-order chi connectivity index (χ1) is 8.70. The van der Waals surface area contributed by atoms with Crippen molar-refractivity contribution in [3.05, 3.63) is 29.8 Å². The van der Waals surface area contributed by atoms with Gasteiger partial charge in [0.2, 0.25) is 0 Å². The molecule has 0 radical (unpaired) electrons. The van der Waals surface area contributed by atoms with Gasteiger partial charge in [0.1, 0.15) is 0 Å². The lowest BCUT2D eigenvalue weighted by Gasteiger charge is -2.34. The average molecular weight is 244 g/mol. The molecule has 2 aliphatic carbocycles. The van der Waals surface area contributed by atoms with Crippen molar-refractivity contribution in [1.82, 2.24) is 5.32 Å². The van der Waals surface area contributed by atoms with E-state index in [-0.39, 0.29) is 5.91 Å². The van der Waals surface area contributed by atoms with E-state index in [2.05, 4.69) is 17.6 Å². The Hall–Kier alpha value is -1.51. The molecule has 0 heterocycles. The summed E-state index contributed by atoms with van der Waals surface area (Å²) < 4.78 is 0. The smallest absolute Gasteiger partial charge is 0.251 e. The summed E-state index contributed by atoms with van der Waals surface area (Å²) in [7, 11) is 0. The van der Waals surface area contributed by atoms with Crippen molar-refractivity contribution in [2.45, 2.75) is 44.7 Å². The third kappa shape index (κ3) is 2.66. The Bertz CT molecular complexity index is 430.